The smallest absolute Gasteiger partial charge is 0.228 e. The van der Waals surface area contributed by atoms with E-state index in [2.05, 4.69) is 15.9 Å². The molecule has 0 aromatic rings. The minimum Gasteiger partial charge on any atom is -0.378 e. The van der Waals surface area contributed by atoms with Gasteiger partial charge in [0.1, 0.15) is 0 Å². The largest absolute Gasteiger partial charge is 0.378 e. The van der Waals surface area contributed by atoms with Crippen LogP contribution in [-0.4, -0.2) is 41.9 Å². The predicted molar refractivity (Wildman–Crippen MR) is 66.6 cm³/mol. The van der Waals surface area contributed by atoms with E-state index in [1.807, 2.05) is 11.8 Å². The van der Waals surface area contributed by atoms with E-state index in [0.717, 1.165) is 43.6 Å². The van der Waals surface area contributed by atoms with Gasteiger partial charge in [0.25, 0.3) is 0 Å². The van der Waals surface area contributed by atoms with Crippen molar-refractivity contribution in [2.45, 2.75) is 32.3 Å². The third-order valence-electron chi connectivity index (χ3n) is 3.69. The van der Waals surface area contributed by atoms with Crippen LogP contribution < -0.4 is 0 Å². The maximum absolute atomic E-state index is 12.2. The molecule has 0 aromatic carbocycles. The lowest BCUT2D eigenvalue weighted by atomic mass is 9.97. The van der Waals surface area contributed by atoms with Gasteiger partial charge < -0.3 is 9.64 Å². The van der Waals surface area contributed by atoms with Gasteiger partial charge >= 0.3 is 0 Å². The predicted octanol–water partition coefficient (Wildman–Crippen LogP) is 2.04. The molecule has 0 aromatic heterocycles. The number of piperidine rings is 1. The second-order valence-corrected chi connectivity index (χ2v) is 5.65. The summed E-state index contributed by atoms with van der Waals surface area (Å²) >= 11 is 3.52. The molecule has 2 unspecified atom stereocenters. The number of hydrogen-bond donors (Lipinski definition) is 0. The summed E-state index contributed by atoms with van der Waals surface area (Å²) < 4.78 is 5.46. The monoisotopic (exact) mass is 289 g/mol. The van der Waals surface area contributed by atoms with Gasteiger partial charge in [0.05, 0.1) is 18.6 Å². The van der Waals surface area contributed by atoms with Crippen LogP contribution in [0.4, 0.5) is 0 Å². The average molecular weight is 290 g/mol. The molecule has 2 heterocycles. The van der Waals surface area contributed by atoms with E-state index in [4.69, 9.17) is 4.74 Å². The summed E-state index contributed by atoms with van der Waals surface area (Å²) in [6, 6.07) is 0. The van der Waals surface area contributed by atoms with E-state index < -0.39 is 0 Å². The molecule has 0 N–H and O–H groups in total. The topological polar surface area (TPSA) is 29.5 Å². The minimum absolute atomic E-state index is 0.121. The van der Waals surface area contributed by atoms with E-state index in [1.165, 1.54) is 0 Å². The average Bonchev–Trinajstić information content (AvgIpc) is 2.75. The van der Waals surface area contributed by atoms with Gasteiger partial charge in [-0.3, -0.25) is 4.79 Å². The zero-order valence-electron chi connectivity index (χ0n) is 9.82. The molecule has 2 fully saturated rings. The van der Waals surface area contributed by atoms with Crippen LogP contribution in [0.3, 0.4) is 0 Å². The first-order valence-electron chi connectivity index (χ1n) is 6.17. The summed E-state index contributed by atoms with van der Waals surface area (Å²) in [5, 5.41) is 1.07. The van der Waals surface area contributed by atoms with Crippen LogP contribution in [0.15, 0.2) is 0 Å². The quantitative estimate of drug-likeness (QED) is 0.728. The Kier molecular flexibility index (Phi) is 4.25. The van der Waals surface area contributed by atoms with Crippen LogP contribution in [0, 0.1) is 11.8 Å². The number of halogens is 1. The molecule has 0 saturated carbocycles. The summed E-state index contributed by atoms with van der Waals surface area (Å²) in [6.45, 7) is 4.53. The summed E-state index contributed by atoms with van der Waals surface area (Å²) in [6.07, 6.45) is 3.44. The van der Waals surface area contributed by atoms with Gasteiger partial charge in [0.15, 0.2) is 0 Å². The second kappa shape index (κ2) is 5.50. The molecule has 2 atom stereocenters. The van der Waals surface area contributed by atoms with Gasteiger partial charge in [-0.05, 0) is 32.1 Å². The van der Waals surface area contributed by atoms with Crippen molar-refractivity contribution >= 4 is 21.8 Å². The summed E-state index contributed by atoms with van der Waals surface area (Å²) in [4.78, 5) is 14.2. The van der Waals surface area contributed by atoms with Crippen LogP contribution in [0.2, 0.25) is 0 Å². The molecule has 0 radical (unpaired) electrons. The van der Waals surface area contributed by atoms with E-state index in [9.17, 15) is 4.79 Å². The lowest BCUT2D eigenvalue weighted by Gasteiger charge is -2.32. The van der Waals surface area contributed by atoms with Gasteiger partial charge in [-0.15, -0.1) is 0 Å². The van der Waals surface area contributed by atoms with Crippen molar-refractivity contribution in [1.82, 2.24) is 4.90 Å². The zero-order valence-corrected chi connectivity index (χ0v) is 11.4. The molecule has 0 bridgehead atoms. The molecule has 16 heavy (non-hydrogen) atoms. The first-order chi connectivity index (χ1) is 7.70. The molecular formula is C12H20BrNO2. The highest BCUT2D eigenvalue weighted by atomic mass is 79.9. The number of likely N-dealkylation sites (tertiary alicyclic amines) is 1. The highest BCUT2D eigenvalue weighted by Gasteiger charge is 2.32. The van der Waals surface area contributed by atoms with Crippen LogP contribution >= 0.6 is 15.9 Å². The Morgan fingerprint density at radius 2 is 2.12 bits per heavy atom. The first kappa shape index (κ1) is 12.4. The number of alkyl halides is 1. The van der Waals surface area contributed by atoms with E-state index >= 15 is 0 Å². The Morgan fingerprint density at radius 3 is 2.62 bits per heavy atom. The standard InChI is InChI=1S/C12H20BrNO2/c1-9-6-11(8-16-9)12(15)14-4-2-10(7-13)3-5-14/h9-11H,2-8H2,1H3. The third kappa shape index (κ3) is 2.77. The highest BCUT2D eigenvalue weighted by molar-refractivity contribution is 9.09. The molecular weight excluding hydrogens is 270 g/mol. The molecule has 3 nitrogen and oxygen atoms in total. The first-order valence-corrected chi connectivity index (χ1v) is 7.29. The van der Waals surface area contributed by atoms with Gasteiger partial charge in [-0.2, -0.15) is 0 Å². The van der Waals surface area contributed by atoms with Gasteiger partial charge in [-0.1, -0.05) is 15.9 Å². The molecule has 92 valence electrons. The third-order valence-corrected chi connectivity index (χ3v) is 4.61. The van der Waals surface area contributed by atoms with Crippen molar-refractivity contribution in [3.05, 3.63) is 0 Å². The Labute approximate surface area is 106 Å². The number of hydrogen-bond acceptors (Lipinski definition) is 2. The van der Waals surface area contributed by atoms with Crippen LogP contribution in [-0.2, 0) is 9.53 Å². The number of nitrogens with zero attached hydrogens (tertiary/aromatic N) is 1. The van der Waals surface area contributed by atoms with Gasteiger partial charge in [-0.25, -0.2) is 0 Å². The lowest BCUT2D eigenvalue weighted by Crippen LogP contribution is -2.42. The van der Waals surface area contributed by atoms with Crippen LogP contribution in [0.25, 0.3) is 0 Å². The Bertz CT molecular complexity index is 251. The molecule has 4 heteroatoms. The highest BCUT2D eigenvalue weighted by Crippen LogP contribution is 2.25. The fourth-order valence-corrected chi connectivity index (χ4v) is 3.20. The molecule has 2 aliphatic heterocycles. The lowest BCUT2D eigenvalue weighted by molar-refractivity contribution is -0.136. The summed E-state index contributed by atoms with van der Waals surface area (Å²) in [7, 11) is 0. The molecule has 0 spiro atoms. The fraction of sp³-hybridized carbons (Fsp3) is 0.917. The van der Waals surface area contributed by atoms with Crippen LogP contribution in [0.1, 0.15) is 26.2 Å². The maximum atomic E-state index is 12.2. The van der Waals surface area contributed by atoms with Crippen molar-refractivity contribution in [2.75, 3.05) is 25.0 Å². The molecule has 2 rings (SSSR count). The number of rotatable bonds is 2. The fourth-order valence-electron chi connectivity index (χ4n) is 2.56. The van der Waals surface area contributed by atoms with E-state index in [-0.39, 0.29) is 12.0 Å². The van der Waals surface area contributed by atoms with Crippen molar-refractivity contribution in [3.8, 4) is 0 Å². The van der Waals surface area contributed by atoms with Crippen molar-refractivity contribution < 1.29 is 9.53 Å². The molecule has 2 saturated heterocycles. The van der Waals surface area contributed by atoms with Crippen molar-refractivity contribution in [1.29, 1.82) is 0 Å². The molecule has 2 aliphatic rings. The Balaban J connectivity index is 1.82. The van der Waals surface area contributed by atoms with Gasteiger partial charge in [0.2, 0.25) is 5.91 Å². The minimum atomic E-state index is 0.121. The van der Waals surface area contributed by atoms with E-state index in [1.54, 1.807) is 0 Å². The Hall–Kier alpha value is -0.0900. The molecule has 1 amide bonds. The van der Waals surface area contributed by atoms with Gasteiger partial charge in [0, 0.05) is 18.4 Å². The molecule has 0 aliphatic carbocycles. The van der Waals surface area contributed by atoms with Crippen LogP contribution in [0.5, 0.6) is 0 Å². The SMILES string of the molecule is CC1CC(C(=O)N2CCC(CBr)CC2)CO1. The maximum Gasteiger partial charge on any atom is 0.228 e. The summed E-state index contributed by atoms with van der Waals surface area (Å²) in [5.74, 6) is 1.19. The Morgan fingerprint density at radius 1 is 1.44 bits per heavy atom. The zero-order chi connectivity index (χ0) is 11.5. The van der Waals surface area contributed by atoms with Crippen molar-refractivity contribution in [2.24, 2.45) is 11.8 Å². The number of ether oxygens (including phenoxy) is 1. The second-order valence-electron chi connectivity index (χ2n) is 5.00. The van der Waals surface area contributed by atoms with E-state index in [0.29, 0.717) is 12.5 Å². The number of amides is 1. The number of carbonyl (C=O) groups is 1. The van der Waals surface area contributed by atoms with Crippen molar-refractivity contribution in [3.63, 3.8) is 0 Å². The number of carbonyl (C=O) groups excluding carboxylic acids is 1. The summed E-state index contributed by atoms with van der Waals surface area (Å²) in [5.41, 5.74) is 0. The normalized spacial score (nSPS) is 32.0.